The molecule has 0 bridgehead atoms. The highest BCUT2D eigenvalue weighted by Gasteiger charge is 2.10. The summed E-state index contributed by atoms with van der Waals surface area (Å²) in [6, 6.07) is 0. The third-order valence-corrected chi connectivity index (χ3v) is 5.20. The summed E-state index contributed by atoms with van der Waals surface area (Å²) in [5, 5.41) is 8.95. The number of carboxylic acids is 1. The standard InChI is InChI=1S/C22H44O2/c1-3-5-7-9-11-13-15-17-21(19-20-22(23)24)18-16-14-12-10-8-6-4-2/h21H,3-20H2,1-2H3,(H,23,24). The summed E-state index contributed by atoms with van der Waals surface area (Å²) in [6.45, 7) is 4.52. The van der Waals surface area contributed by atoms with E-state index in [-0.39, 0.29) is 0 Å². The van der Waals surface area contributed by atoms with E-state index in [1.807, 2.05) is 0 Å². The number of unbranched alkanes of at least 4 members (excludes halogenated alkanes) is 12. The second kappa shape index (κ2) is 18.8. The van der Waals surface area contributed by atoms with Crippen LogP contribution in [-0.4, -0.2) is 11.1 Å². The lowest BCUT2D eigenvalue weighted by Gasteiger charge is -2.16. The number of hydrogen-bond acceptors (Lipinski definition) is 1. The number of rotatable bonds is 19. The quantitative estimate of drug-likeness (QED) is 0.244. The van der Waals surface area contributed by atoms with Gasteiger partial charge < -0.3 is 5.11 Å². The van der Waals surface area contributed by atoms with Gasteiger partial charge in [-0.3, -0.25) is 4.79 Å². The predicted octanol–water partition coefficient (Wildman–Crippen LogP) is 7.75. The van der Waals surface area contributed by atoms with Crippen molar-refractivity contribution in [3.05, 3.63) is 0 Å². The Balaban J connectivity index is 3.70. The molecule has 0 heterocycles. The third-order valence-electron chi connectivity index (χ3n) is 5.20. The summed E-state index contributed by atoms with van der Waals surface area (Å²) in [6.07, 6.45) is 22.7. The van der Waals surface area contributed by atoms with Crippen LogP contribution in [0.4, 0.5) is 0 Å². The van der Waals surface area contributed by atoms with E-state index in [4.69, 9.17) is 5.11 Å². The zero-order valence-electron chi connectivity index (χ0n) is 16.7. The van der Waals surface area contributed by atoms with E-state index < -0.39 is 5.97 Å². The molecule has 0 atom stereocenters. The zero-order valence-corrected chi connectivity index (χ0v) is 16.7. The first kappa shape index (κ1) is 23.5. The Kier molecular flexibility index (Phi) is 18.4. The number of aliphatic carboxylic acids is 1. The van der Waals surface area contributed by atoms with Crippen LogP contribution in [0.2, 0.25) is 0 Å². The molecule has 2 heteroatoms. The van der Waals surface area contributed by atoms with Crippen molar-refractivity contribution in [3.8, 4) is 0 Å². The predicted molar refractivity (Wildman–Crippen MR) is 106 cm³/mol. The molecule has 1 N–H and O–H groups in total. The average molecular weight is 341 g/mol. The molecular formula is C22H44O2. The van der Waals surface area contributed by atoms with Gasteiger partial charge in [-0.1, -0.05) is 117 Å². The topological polar surface area (TPSA) is 37.3 Å². The molecule has 0 aromatic carbocycles. The second-order valence-corrected chi connectivity index (χ2v) is 7.62. The fourth-order valence-corrected chi connectivity index (χ4v) is 3.54. The normalized spacial score (nSPS) is 11.3. The molecule has 0 aliphatic heterocycles. The molecule has 0 aromatic heterocycles. The average Bonchev–Trinajstić information content (AvgIpc) is 2.57. The van der Waals surface area contributed by atoms with E-state index in [9.17, 15) is 4.79 Å². The maximum Gasteiger partial charge on any atom is 0.303 e. The molecule has 2 nitrogen and oxygen atoms in total. The van der Waals surface area contributed by atoms with Gasteiger partial charge in [-0.05, 0) is 12.3 Å². The highest BCUT2D eigenvalue weighted by Crippen LogP contribution is 2.23. The van der Waals surface area contributed by atoms with Crippen molar-refractivity contribution in [1.82, 2.24) is 0 Å². The van der Waals surface area contributed by atoms with Gasteiger partial charge >= 0.3 is 5.97 Å². The Hall–Kier alpha value is -0.530. The minimum Gasteiger partial charge on any atom is -0.481 e. The summed E-state index contributed by atoms with van der Waals surface area (Å²) < 4.78 is 0. The number of hydrogen-bond donors (Lipinski definition) is 1. The van der Waals surface area contributed by atoms with Gasteiger partial charge in [0.25, 0.3) is 0 Å². The Morgan fingerprint density at radius 2 is 1.00 bits per heavy atom. The van der Waals surface area contributed by atoms with Gasteiger partial charge in [-0.2, -0.15) is 0 Å². The van der Waals surface area contributed by atoms with E-state index in [0.29, 0.717) is 12.3 Å². The van der Waals surface area contributed by atoms with Crippen molar-refractivity contribution in [2.24, 2.45) is 5.92 Å². The Morgan fingerprint density at radius 3 is 1.38 bits per heavy atom. The van der Waals surface area contributed by atoms with E-state index in [2.05, 4.69) is 13.8 Å². The summed E-state index contributed by atoms with van der Waals surface area (Å²) in [5.41, 5.74) is 0. The van der Waals surface area contributed by atoms with Crippen LogP contribution in [0.15, 0.2) is 0 Å². The van der Waals surface area contributed by atoms with Crippen molar-refractivity contribution < 1.29 is 9.90 Å². The Bertz CT molecular complexity index is 245. The first-order valence-corrected chi connectivity index (χ1v) is 10.9. The zero-order chi connectivity index (χ0) is 17.9. The molecule has 144 valence electrons. The number of carbonyl (C=O) groups is 1. The first-order chi connectivity index (χ1) is 11.7. The molecule has 0 saturated carbocycles. The second-order valence-electron chi connectivity index (χ2n) is 7.62. The van der Waals surface area contributed by atoms with E-state index in [1.54, 1.807) is 0 Å². The molecule has 0 spiro atoms. The van der Waals surface area contributed by atoms with E-state index in [0.717, 1.165) is 6.42 Å². The van der Waals surface area contributed by atoms with Crippen molar-refractivity contribution >= 4 is 5.97 Å². The van der Waals surface area contributed by atoms with Crippen LogP contribution >= 0.6 is 0 Å². The maximum absolute atomic E-state index is 10.9. The van der Waals surface area contributed by atoms with Gasteiger partial charge in [0.15, 0.2) is 0 Å². The minimum atomic E-state index is -0.626. The molecule has 0 radical (unpaired) electrons. The van der Waals surface area contributed by atoms with E-state index >= 15 is 0 Å². The van der Waals surface area contributed by atoms with Crippen LogP contribution in [0.3, 0.4) is 0 Å². The molecule has 0 saturated heterocycles. The highest BCUT2D eigenvalue weighted by atomic mass is 16.4. The van der Waals surface area contributed by atoms with Gasteiger partial charge in [0.2, 0.25) is 0 Å². The van der Waals surface area contributed by atoms with Crippen molar-refractivity contribution in [2.75, 3.05) is 0 Å². The highest BCUT2D eigenvalue weighted by molar-refractivity contribution is 5.66. The smallest absolute Gasteiger partial charge is 0.303 e. The van der Waals surface area contributed by atoms with E-state index in [1.165, 1.54) is 103 Å². The molecule has 0 aliphatic carbocycles. The molecule has 0 fully saturated rings. The summed E-state index contributed by atoms with van der Waals surface area (Å²) in [7, 11) is 0. The van der Waals surface area contributed by atoms with Crippen molar-refractivity contribution in [2.45, 2.75) is 129 Å². The molecule has 24 heavy (non-hydrogen) atoms. The summed E-state index contributed by atoms with van der Waals surface area (Å²) >= 11 is 0. The molecule has 0 unspecified atom stereocenters. The van der Waals surface area contributed by atoms with Gasteiger partial charge in [-0.15, -0.1) is 0 Å². The fourth-order valence-electron chi connectivity index (χ4n) is 3.54. The van der Waals surface area contributed by atoms with Crippen molar-refractivity contribution in [1.29, 1.82) is 0 Å². The Morgan fingerprint density at radius 1 is 0.625 bits per heavy atom. The largest absolute Gasteiger partial charge is 0.481 e. The van der Waals surface area contributed by atoms with Crippen LogP contribution in [0, 0.1) is 5.92 Å². The lowest BCUT2D eigenvalue weighted by Crippen LogP contribution is -2.05. The lowest BCUT2D eigenvalue weighted by molar-refractivity contribution is -0.137. The minimum absolute atomic E-state index is 0.359. The summed E-state index contributed by atoms with van der Waals surface area (Å²) in [4.78, 5) is 10.9. The van der Waals surface area contributed by atoms with Crippen LogP contribution < -0.4 is 0 Å². The molecule has 0 amide bonds. The van der Waals surface area contributed by atoms with Gasteiger partial charge in [-0.25, -0.2) is 0 Å². The first-order valence-electron chi connectivity index (χ1n) is 10.9. The molecule has 0 aromatic rings. The molecular weight excluding hydrogens is 296 g/mol. The lowest BCUT2D eigenvalue weighted by atomic mass is 9.90. The molecule has 0 rings (SSSR count). The van der Waals surface area contributed by atoms with Crippen LogP contribution in [0.25, 0.3) is 0 Å². The van der Waals surface area contributed by atoms with Crippen molar-refractivity contribution in [3.63, 3.8) is 0 Å². The van der Waals surface area contributed by atoms with Crippen LogP contribution in [0.5, 0.6) is 0 Å². The maximum atomic E-state index is 10.9. The Labute approximate surface area is 151 Å². The van der Waals surface area contributed by atoms with Crippen LogP contribution in [0.1, 0.15) is 129 Å². The van der Waals surface area contributed by atoms with Gasteiger partial charge in [0.1, 0.15) is 0 Å². The van der Waals surface area contributed by atoms with Crippen LogP contribution in [-0.2, 0) is 4.79 Å². The summed E-state index contributed by atoms with van der Waals surface area (Å²) in [5.74, 6) is 0.0199. The van der Waals surface area contributed by atoms with Gasteiger partial charge in [0, 0.05) is 6.42 Å². The SMILES string of the molecule is CCCCCCCCCC(CCCCCCCCC)CCC(=O)O. The molecule has 0 aliphatic rings. The monoisotopic (exact) mass is 340 g/mol. The third kappa shape index (κ3) is 17.8. The van der Waals surface area contributed by atoms with Gasteiger partial charge in [0.05, 0.1) is 0 Å². The fraction of sp³-hybridized carbons (Fsp3) is 0.955. The number of carboxylic acid groups (broad SMARTS) is 1.